The fraction of sp³-hybridized carbons (Fsp3) is 0.208. The highest BCUT2D eigenvalue weighted by Gasteiger charge is 2.20. The van der Waals surface area contributed by atoms with Crippen LogP contribution in [0.15, 0.2) is 66.7 Å². The van der Waals surface area contributed by atoms with Gasteiger partial charge in [-0.15, -0.1) is 0 Å². The highest BCUT2D eigenvalue weighted by molar-refractivity contribution is 5.97. The van der Waals surface area contributed by atoms with Crippen LogP contribution in [0.5, 0.6) is 17.2 Å². The van der Waals surface area contributed by atoms with Crippen molar-refractivity contribution >= 4 is 17.2 Å². The Balaban J connectivity index is 1.90. The van der Waals surface area contributed by atoms with E-state index in [1.165, 1.54) is 26.4 Å². The van der Waals surface area contributed by atoms with Crippen molar-refractivity contribution in [1.82, 2.24) is 0 Å². The quantitative estimate of drug-likeness (QED) is 0.270. The maximum atomic E-state index is 13.1. The number of methoxy groups -OCH3 is 3. The number of rotatable bonds is 10. The molecule has 32 heavy (non-hydrogen) atoms. The van der Waals surface area contributed by atoms with Crippen molar-refractivity contribution in [2.45, 2.75) is 12.5 Å². The number of nitro groups is 1. The second-order valence-electron chi connectivity index (χ2n) is 6.97. The van der Waals surface area contributed by atoms with Crippen molar-refractivity contribution in [3.8, 4) is 17.2 Å². The molecule has 1 N–H and O–H groups in total. The zero-order valence-electron chi connectivity index (χ0n) is 18.0. The first kappa shape index (κ1) is 22.6. The molecule has 0 spiro atoms. The summed E-state index contributed by atoms with van der Waals surface area (Å²) < 4.78 is 15.8. The number of carbonyl (C=O) groups excluding carboxylic acids is 1. The lowest BCUT2D eigenvalue weighted by atomic mass is 9.97. The summed E-state index contributed by atoms with van der Waals surface area (Å²) in [5.41, 5.74) is 1.82. The highest BCUT2D eigenvalue weighted by Crippen LogP contribution is 2.31. The second-order valence-corrected chi connectivity index (χ2v) is 6.97. The van der Waals surface area contributed by atoms with Crippen molar-refractivity contribution < 1.29 is 23.9 Å². The van der Waals surface area contributed by atoms with Gasteiger partial charge in [-0.05, 0) is 42.0 Å². The summed E-state index contributed by atoms with van der Waals surface area (Å²) >= 11 is 0. The van der Waals surface area contributed by atoms with E-state index in [1.807, 2.05) is 12.1 Å². The normalized spacial score (nSPS) is 11.3. The fourth-order valence-electron chi connectivity index (χ4n) is 3.31. The first-order chi connectivity index (χ1) is 15.4. The largest absolute Gasteiger partial charge is 0.497 e. The monoisotopic (exact) mass is 436 g/mol. The molecule has 8 nitrogen and oxygen atoms in total. The maximum Gasteiger partial charge on any atom is 0.271 e. The summed E-state index contributed by atoms with van der Waals surface area (Å²) in [6.45, 7) is 0. The Morgan fingerprint density at radius 1 is 0.938 bits per heavy atom. The number of hydrogen-bond acceptors (Lipinski definition) is 7. The minimum atomic E-state index is -0.456. The molecule has 0 radical (unpaired) electrons. The molecule has 0 aliphatic rings. The fourth-order valence-corrected chi connectivity index (χ4v) is 3.31. The van der Waals surface area contributed by atoms with Gasteiger partial charge in [0.2, 0.25) is 0 Å². The van der Waals surface area contributed by atoms with Gasteiger partial charge in [0.1, 0.15) is 5.75 Å². The van der Waals surface area contributed by atoms with Crippen LogP contribution in [-0.2, 0) is 0 Å². The number of benzene rings is 3. The first-order valence-corrected chi connectivity index (χ1v) is 9.85. The van der Waals surface area contributed by atoms with Gasteiger partial charge < -0.3 is 19.5 Å². The van der Waals surface area contributed by atoms with E-state index >= 15 is 0 Å². The summed E-state index contributed by atoms with van der Waals surface area (Å²) in [6.07, 6.45) is 0.116. The molecule has 1 unspecified atom stereocenters. The minimum Gasteiger partial charge on any atom is -0.497 e. The predicted molar refractivity (Wildman–Crippen MR) is 121 cm³/mol. The van der Waals surface area contributed by atoms with E-state index in [4.69, 9.17) is 14.2 Å². The third kappa shape index (κ3) is 5.34. The van der Waals surface area contributed by atoms with Gasteiger partial charge in [-0.3, -0.25) is 14.9 Å². The van der Waals surface area contributed by atoms with E-state index in [1.54, 1.807) is 49.6 Å². The third-order valence-electron chi connectivity index (χ3n) is 5.01. The van der Waals surface area contributed by atoms with Gasteiger partial charge in [0.25, 0.3) is 5.69 Å². The number of nitrogens with zero attached hydrogens (tertiary/aromatic N) is 1. The molecule has 0 bridgehead atoms. The van der Waals surface area contributed by atoms with Crippen molar-refractivity contribution in [2.75, 3.05) is 26.6 Å². The smallest absolute Gasteiger partial charge is 0.271 e. The van der Waals surface area contributed by atoms with Gasteiger partial charge in [-0.25, -0.2) is 0 Å². The number of nitro benzene ring substituents is 1. The molecular weight excluding hydrogens is 412 g/mol. The molecular formula is C24H24N2O6. The number of ether oxygens (including phenoxy) is 3. The Bertz CT molecular complexity index is 1100. The van der Waals surface area contributed by atoms with Gasteiger partial charge in [0, 0.05) is 29.8 Å². The Morgan fingerprint density at radius 3 is 2.28 bits per heavy atom. The Morgan fingerprint density at radius 2 is 1.66 bits per heavy atom. The average molecular weight is 436 g/mol. The van der Waals surface area contributed by atoms with Crippen LogP contribution in [0.25, 0.3) is 0 Å². The number of carbonyl (C=O) groups is 1. The molecule has 166 valence electrons. The Labute approximate surface area is 185 Å². The number of nitrogens with one attached hydrogen (secondary N) is 1. The summed E-state index contributed by atoms with van der Waals surface area (Å²) in [4.78, 5) is 23.8. The van der Waals surface area contributed by atoms with Gasteiger partial charge >= 0.3 is 0 Å². The lowest BCUT2D eigenvalue weighted by Crippen LogP contribution is -2.16. The van der Waals surface area contributed by atoms with Crippen LogP contribution in [-0.4, -0.2) is 32.0 Å². The number of hydrogen-bond donors (Lipinski definition) is 1. The standard InChI is InChI=1S/C24H24N2O6/c1-30-20-10-7-16(8-11-20)21(25-18-5-4-6-19(14-18)26(28)29)15-22(27)17-9-12-23(31-2)24(13-17)32-3/h4-14,21,25H,15H2,1-3H3. The van der Waals surface area contributed by atoms with E-state index in [2.05, 4.69) is 5.32 Å². The highest BCUT2D eigenvalue weighted by atomic mass is 16.6. The van der Waals surface area contributed by atoms with Crippen LogP contribution in [0.2, 0.25) is 0 Å². The maximum absolute atomic E-state index is 13.1. The summed E-state index contributed by atoms with van der Waals surface area (Å²) in [6, 6.07) is 18.1. The van der Waals surface area contributed by atoms with Crippen molar-refractivity contribution in [2.24, 2.45) is 0 Å². The van der Waals surface area contributed by atoms with E-state index in [0.29, 0.717) is 28.5 Å². The molecule has 0 aliphatic heterocycles. The van der Waals surface area contributed by atoms with Gasteiger partial charge in [-0.2, -0.15) is 0 Å². The Hall–Kier alpha value is -4.07. The van der Waals surface area contributed by atoms with Gasteiger partial charge in [0.05, 0.1) is 32.3 Å². The number of Topliss-reactive ketones (excluding diaryl/α,β-unsaturated/α-hetero) is 1. The zero-order valence-corrected chi connectivity index (χ0v) is 18.0. The van der Waals surface area contributed by atoms with Gasteiger partial charge in [0.15, 0.2) is 17.3 Å². The summed E-state index contributed by atoms with van der Waals surface area (Å²) in [5, 5.41) is 14.4. The van der Waals surface area contributed by atoms with E-state index < -0.39 is 11.0 Å². The van der Waals surface area contributed by atoms with Crippen LogP contribution >= 0.6 is 0 Å². The number of non-ortho nitro benzene ring substituents is 1. The molecule has 0 aliphatic carbocycles. The molecule has 0 saturated heterocycles. The molecule has 3 aromatic rings. The summed E-state index contributed by atoms with van der Waals surface area (Å²) in [5.74, 6) is 1.57. The second kappa shape index (κ2) is 10.3. The first-order valence-electron chi connectivity index (χ1n) is 9.85. The third-order valence-corrected chi connectivity index (χ3v) is 5.01. The molecule has 0 saturated carbocycles. The van der Waals surface area contributed by atoms with Crippen LogP contribution < -0.4 is 19.5 Å². The molecule has 0 amide bonds. The molecule has 0 fully saturated rings. The predicted octanol–water partition coefficient (Wildman–Crippen LogP) is 5.05. The van der Waals surface area contributed by atoms with E-state index in [-0.39, 0.29) is 17.9 Å². The minimum absolute atomic E-state index is 0.0327. The molecule has 3 aromatic carbocycles. The molecule has 1 atom stereocenters. The molecule has 3 rings (SSSR count). The van der Waals surface area contributed by atoms with Crippen molar-refractivity contribution in [3.05, 3.63) is 88.0 Å². The van der Waals surface area contributed by atoms with Crippen LogP contribution in [0, 0.1) is 10.1 Å². The van der Waals surface area contributed by atoms with Crippen LogP contribution in [0.1, 0.15) is 28.4 Å². The SMILES string of the molecule is COc1ccc(C(CC(=O)c2ccc(OC)c(OC)c2)Nc2cccc([N+](=O)[O-])c2)cc1. The molecule has 8 heteroatoms. The summed E-state index contributed by atoms with van der Waals surface area (Å²) in [7, 11) is 4.62. The lowest BCUT2D eigenvalue weighted by Gasteiger charge is -2.20. The zero-order chi connectivity index (χ0) is 23.1. The van der Waals surface area contributed by atoms with E-state index in [9.17, 15) is 14.9 Å². The molecule has 0 aromatic heterocycles. The number of ketones is 1. The topological polar surface area (TPSA) is 99.9 Å². The lowest BCUT2D eigenvalue weighted by molar-refractivity contribution is -0.384. The van der Waals surface area contributed by atoms with Crippen LogP contribution in [0.3, 0.4) is 0 Å². The average Bonchev–Trinajstić information content (AvgIpc) is 2.83. The van der Waals surface area contributed by atoms with Crippen LogP contribution in [0.4, 0.5) is 11.4 Å². The van der Waals surface area contributed by atoms with E-state index in [0.717, 1.165) is 5.56 Å². The van der Waals surface area contributed by atoms with Gasteiger partial charge in [-0.1, -0.05) is 18.2 Å². The van der Waals surface area contributed by atoms with Crippen molar-refractivity contribution in [1.29, 1.82) is 0 Å². The molecule has 0 heterocycles. The van der Waals surface area contributed by atoms with Crippen molar-refractivity contribution in [3.63, 3.8) is 0 Å². The Kier molecular flexibility index (Phi) is 7.28. The number of anilines is 1.